The van der Waals surface area contributed by atoms with Crippen LogP contribution >= 0.6 is 11.3 Å². The second-order valence-electron chi connectivity index (χ2n) is 4.63. The van der Waals surface area contributed by atoms with Gasteiger partial charge < -0.3 is 14.2 Å². The SMILES string of the molecule is O=C(/C=C/c1ccco1)NCCc1ccc(-c2ccco2)s1. The number of carbonyl (C=O) groups excluding carboxylic acids is 1. The molecule has 3 heterocycles. The third-order valence-corrected chi connectivity index (χ3v) is 4.20. The van der Waals surface area contributed by atoms with E-state index in [-0.39, 0.29) is 5.91 Å². The van der Waals surface area contributed by atoms with Gasteiger partial charge in [-0.3, -0.25) is 4.79 Å². The maximum atomic E-state index is 11.7. The fourth-order valence-corrected chi connectivity index (χ4v) is 2.95. The van der Waals surface area contributed by atoms with Crippen LogP contribution in [0.15, 0.2) is 63.8 Å². The minimum atomic E-state index is -0.126. The Hall–Kier alpha value is -2.53. The lowest BCUT2D eigenvalue weighted by molar-refractivity contribution is -0.116. The van der Waals surface area contributed by atoms with E-state index >= 15 is 0 Å². The Labute approximate surface area is 132 Å². The highest BCUT2D eigenvalue weighted by molar-refractivity contribution is 7.15. The summed E-state index contributed by atoms with van der Waals surface area (Å²) >= 11 is 1.68. The number of amides is 1. The Kier molecular flexibility index (Phi) is 4.56. The molecule has 3 aromatic heterocycles. The topological polar surface area (TPSA) is 55.4 Å². The van der Waals surface area contributed by atoms with E-state index in [9.17, 15) is 4.79 Å². The predicted molar refractivity (Wildman–Crippen MR) is 86.5 cm³/mol. The van der Waals surface area contributed by atoms with Gasteiger partial charge in [0.15, 0.2) is 0 Å². The molecule has 5 heteroatoms. The summed E-state index contributed by atoms with van der Waals surface area (Å²) in [6, 6.07) is 11.5. The van der Waals surface area contributed by atoms with Gasteiger partial charge in [-0.15, -0.1) is 11.3 Å². The molecule has 3 rings (SSSR count). The van der Waals surface area contributed by atoms with Gasteiger partial charge in [0.25, 0.3) is 0 Å². The standard InChI is InChI=1S/C17H15NO3S/c19-17(8-5-13-3-1-11-20-13)18-10-9-14-6-7-16(22-14)15-4-2-12-21-15/h1-8,11-12H,9-10H2,(H,18,19)/b8-5+. The molecular formula is C17H15NO3S. The van der Waals surface area contributed by atoms with Crippen molar-refractivity contribution in [2.24, 2.45) is 0 Å². The molecule has 0 aliphatic rings. The quantitative estimate of drug-likeness (QED) is 0.700. The molecule has 3 aromatic rings. The van der Waals surface area contributed by atoms with E-state index in [0.29, 0.717) is 12.3 Å². The Bertz CT molecular complexity index is 739. The highest BCUT2D eigenvalue weighted by atomic mass is 32.1. The molecule has 0 radical (unpaired) electrons. The van der Waals surface area contributed by atoms with Gasteiger partial charge in [0.1, 0.15) is 11.5 Å². The number of rotatable bonds is 6. The zero-order chi connectivity index (χ0) is 15.2. The van der Waals surface area contributed by atoms with E-state index in [1.54, 1.807) is 42.1 Å². The molecule has 0 saturated carbocycles. The van der Waals surface area contributed by atoms with E-state index in [2.05, 4.69) is 11.4 Å². The maximum Gasteiger partial charge on any atom is 0.244 e. The molecular weight excluding hydrogens is 298 g/mol. The molecule has 1 N–H and O–H groups in total. The zero-order valence-corrected chi connectivity index (χ0v) is 12.6. The van der Waals surface area contributed by atoms with Gasteiger partial charge in [-0.25, -0.2) is 0 Å². The van der Waals surface area contributed by atoms with E-state index in [1.807, 2.05) is 18.2 Å². The van der Waals surface area contributed by atoms with Crippen LogP contribution in [0, 0.1) is 0 Å². The molecule has 0 saturated heterocycles. The monoisotopic (exact) mass is 313 g/mol. The fourth-order valence-electron chi connectivity index (χ4n) is 1.98. The molecule has 0 aliphatic carbocycles. The summed E-state index contributed by atoms with van der Waals surface area (Å²) in [4.78, 5) is 14.0. The van der Waals surface area contributed by atoms with E-state index in [4.69, 9.17) is 8.83 Å². The van der Waals surface area contributed by atoms with Crippen molar-refractivity contribution in [3.8, 4) is 10.6 Å². The lowest BCUT2D eigenvalue weighted by Gasteiger charge is -1.99. The van der Waals surface area contributed by atoms with Gasteiger partial charge in [-0.2, -0.15) is 0 Å². The van der Waals surface area contributed by atoms with E-state index in [1.165, 1.54) is 11.0 Å². The molecule has 0 spiro atoms. The highest BCUT2D eigenvalue weighted by Crippen LogP contribution is 2.28. The lowest BCUT2D eigenvalue weighted by Crippen LogP contribution is -2.23. The first-order valence-corrected chi connectivity index (χ1v) is 7.75. The summed E-state index contributed by atoms with van der Waals surface area (Å²) in [5.74, 6) is 1.41. The van der Waals surface area contributed by atoms with Gasteiger partial charge >= 0.3 is 0 Å². The number of furan rings is 2. The smallest absolute Gasteiger partial charge is 0.244 e. The number of hydrogen-bond donors (Lipinski definition) is 1. The largest absolute Gasteiger partial charge is 0.465 e. The lowest BCUT2D eigenvalue weighted by atomic mass is 10.3. The van der Waals surface area contributed by atoms with Gasteiger partial charge in [0.05, 0.1) is 17.4 Å². The van der Waals surface area contributed by atoms with Crippen LogP contribution in [-0.4, -0.2) is 12.5 Å². The van der Waals surface area contributed by atoms with Crippen LogP contribution in [0.25, 0.3) is 16.7 Å². The first kappa shape index (κ1) is 14.4. The van der Waals surface area contributed by atoms with Crippen molar-refractivity contribution >= 4 is 23.3 Å². The molecule has 0 aliphatic heterocycles. The molecule has 1 amide bonds. The summed E-state index contributed by atoms with van der Waals surface area (Å²) in [5, 5.41) is 2.85. The van der Waals surface area contributed by atoms with Crippen molar-refractivity contribution < 1.29 is 13.6 Å². The molecule has 112 valence electrons. The Balaban J connectivity index is 1.46. The first-order chi connectivity index (χ1) is 10.8. The Morgan fingerprint density at radius 1 is 1.14 bits per heavy atom. The van der Waals surface area contributed by atoms with Gasteiger partial charge in [0, 0.05) is 17.5 Å². The first-order valence-electron chi connectivity index (χ1n) is 6.93. The predicted octanol–water partition coefficient (Wildman–Crippen LogP) is 3.97. The normalized spacial score (nSPS) is 11.1. The molecule has 0 atom stereocenters. The molecule has 4 nitrogen and oxygen atoms in total. The second-order valence-corrected chi connectivity index (χ2v) is 5.80. The summed E-state index contributed by atoms with van der Waals surface area (Å²) < 4.78 is 10.5. The van der Waals surface area contributed by atoms with Crippen LogP contribution in [0.5, 0.6) is 0 Å². The minimum absolute atomic E-state index is 0.126. The van der Waals surface area contributed by atoms with Crippen molar-refractivity contribution in [2.45, 2.75) is 6.42 Å². The van der Waals surface area contributed by atoms with Crippen LogP contribution < -0.4 is 5.32 Å². The number of carbonyl (C=O) groups is 1. The van der Waals surface area contributed by atoms with Crippen molar-refractivity contribution in [2.75, 3.05) is 6.54 Å². The summed E-state index contributed by atoms with van der Waals surface area (Å²) in [5.41, 5.74) is 0. The van der Waals surface area contributed by atoms with Crippen molar-refractivity contribution in [1.29, 1.82) is 0 Å². The van der Waals surface area contributed by atoms with Gasteiger partial charge in [-0.1, -0.05) is 0 Å². The van der Waals surface area contributed by atoms with Crippen molar-refractivity contribution in [3.05, 3.63) is 65.6 Å². The van der Waals surface area contributed by atoms with Crippen molar-refractivity contribution in [1.82, 2.24) is 5.32 Å². The van der Waals surface area contributed by atoms with E-state index < -0.39 is 0 Å². The van der Waals surface area contributed by atoms with Crippen LogP contribution in [0.3, 0.4) is 0 Å². The third kappa shape index (κ3) is 3.77. The minimum Gasteiger partial charge on any atom is -0.465 e. The third-order valence-electron chi connectivity index (χ3n) is 3.04. The fraction of sp³-hybridized carbons (Fsp3) is 0.118. The number of hydrogen-bond acceptors (Lipinski definition) is 4. The van der Waals surface area contributed by atoms with Crippen LogP contribution in [0.1, 0.15) is 10.6 Å². The maximum absolute atomic E-state index is 11.7. The van der Waals surface area contributed by atoms with Gasteiger partial charge in [-0.05, 0) is 48.9 Å². The van der Waals surface area contributed by atoms with E-state index in [0.717, 1.165) is 17.1 Å². The molecule has 0 bridgehead atoms. The summed E-state index contributed by atoms with van der Waals surface area (Å²) in [7, 11) is 0. The number of thiophene rings is 1. The van der Waals surface area contributed by atoms with Gasteiger partial charge in [0.2, 0.25) is 5.91 Å². The van der Waals surface area contributed by atoms with Crippen LogP contribution in [0.4, 0.5) is 0 Å². The Morgan fingerprint density at radius 3 is 2.77 bits per heavy atom. The summed E-state index contributed by atoms with van der Waals surface area (Å²) in [6.45, 7) is 0.597. The van der Waals surface area contributed by atoms with Crippen LogP contribution in [0.2, 0.25) is 0 Å². The van der Waals surface area contributed by atoms with Crippen LogP contribution in [-0.2, 0) is 11.2 Å². The molecule has 0 fully saturated rings. The second kappa shape index (κ2) is 6.95. The molecule has 22 heavy (non-hydrogen) atoms. The average molecular weight is 313 g/mol. The Morgan fingerprint density at radius 2 is 2.00 bits per heavy atom. The number of nitrogens with one attached hydrogen (secondary N) is 1. The zero-order valence-electron chi connectivity index (χ0n) is 11.8. The molecule has 0 aromatic carbocycles. The molecule has 0 unspecified atom stereocenters. The average Bonchev–Trinajstić information content (AvgIpc) is 3.26. The summed E-state index contributed by atoms with van der Waals surface area (Å²) in [6.07, 6.45) is 7.16. The highest BCUT2D eigenvalue weighted by Gasteiger charge is 2.05. The van der Waals surface area contributed by atoms with Crippen molar-refractivity contribution in [3.63, 3.8) is 0 Å².